The van der Waals surface area contributed by atoms with E-state index in [4.69, 9.17) is 25.8 Å². The third-order valence-corrected chi connectivity index (χ3v) is 4.78. The van der Waals surface area contributed by atoms with Crippen LogP contribution in [-0.2, 0) is 11.2 Å². The van der Waals surface area contributed by atoms with Gasteiger partial charge in [0.25, 0.3) is 0 Å². The lowest BCUT2D eigenvalue weighted by Crippen LogP contribution is -2.13. The monoisotopic (exact) mass is 409 g/mol. The van der Waals surface area contributed by atoms with Crippen LogP contribution in [0, 0.1) is 6.92 Å². The SMILES string of the molecule is Cc1ccc(Oc2ccc(Cl)cc2NC(=O)CCc2ccc3c(c2)OCO3)cc1. The highest BCUT2D eigenvalue weighted by molar-refractivity contribution is 6.31. The molecule has 0 spiro atoms. The Labute approximate surface area is 174 Å². The molecule has 3 aromatic rings. The van der Waals surface area contributed by atoms with Crippen molar-refractivity contribution in [3.63, 3.8) is 0 Å². The number of aryl methyl sites for hydroxylation is 2. The molecule has 6 heteroatoms. The van der Waals surface area contributed by atoms with Crippen LogP contribution in [0.1, 0.15) is 17.5 Å². The van der Waals surface area contributed by atoms with Gasteiger partial charge in [0, 0.05) is 11.4 Å². The van der Waals surface area contributed by atoms with E-state index < -0.39 is 0 Å². The zero-order chi connectivity index (χ0) is 20.2. The molecule has 3 aromatic carbocycles. The van der Waals surface area contributed by atoms with E-state index >= 15 is 0 Å². The smallest absolute Gasteiger partial charge is 0.231 e. The molecule has 1 aliphatic heterocycles. The van der Waals surface area contributed by atoms with Crippen molar-refractivity contribution in [3.8, 4) is 23.0 Å². The Balaban J connectivity index is 1.42. The Morgan fingerprint density at radius 2 is 1.83 bits per heavy atom. The quantitative estimate of drug-likeness (QED) is 0.564. The first-order valence-corrected chi connectivity index (χ1v) is 9.67. The fourth-order valence-corrected chi connectivity index (χ4v) is 3.16. The van der Waals surface area contributed by atoms with Crippen LogP contribution in [0.2, 0.25) is 5.02 Å². The third-order valence-electron chi connectivity index (χ3n) is 4.54. The first kappa shape index (κ1) is 19.2. The largest absolute Gasteiger partial charge is 0.455 e. The molecule has 0 saturated carbocycles. The standard InChI is InChI=1S/C23H20ClNO4/c1-15-2-7-18(8-3-15)29-20-10-6-17(24)13-19(20)25-23(26)11-5-16-4-9-21-22(12-16)28-14-27-21/h2-4,6-10,12-13H,5,11,14H2,1H3,(H,25,26). The van der Waals surface area contributed by atoms with E-state index in [1.807, 2.05) is 49.4 Å². The maximum atomic E-state index is 12.5. The average molecular weight is 410 g/mol. The molecular formula is C23H20ClNO4. The zero-order valence-corrected chi connectivity index (χ0v) is 16.7. The number of rotatable bonds is 6. The Kier molecular flexibility index (Phi) is 5.58. The maximum Gasteiger partial charge on any atom is 0.231 e. The minimum absolute atomic E-state index is 0.126. The first-order valence-electron chi connectivity index (χ1n) is 9.29. The highest BCUT2D eigenvalue weighted by Crippen LogP contribution is 2.34. The van der Waals surface area contributed by atoms with Crippen LogP contribution < -0.4 is 19.5 Å². The van der Waals surface area contributed by atoms with Gasteiger partial charge < -0.3 is 19.5 Å². The van der Waals surface area contributed by atoms with E-state index in [1.165, 1.54) is 0 Å². The number of carbonyl (C=O) groups excluding carboxylic acids is 1. The predicted octanol–water partition coefficient (Wildman–Crippen LogP) is 5.74. The van der Waals surface area contributed by atoms with Gasteiger partial charge in [-0.1, -0.05) is 35.4 Å². The number of nitrogens with one attached hydrogen (secondary N) is 1. The Hall–Kier alpha value is -3.18. The van der Waals surface area contributed by atoms with Crippen molar-refractivity contribution in [3.05, 3.63) is 76.8 Å². The van der Waals surface area contributed by atoms with Gasteiger partial charge in [0.1, 0.15) is 5.75 Å². The average Bonchev–Trinajstić information content (AvgIpc) is 3.18. The lowest BCUT2D eigenvalue weighted by Gasteiger charge is -2.13. The molecule has 0 bridgehead atoms. The molecule has 5 nitrogen and oxygen atoms in total. The molecule has 0 aromatic heterocycles. The van der Waals surface area contributed by atoms with Crippen molar-refractivity contribution >= 4 is 23.2 Å². The van der Waals surface area contributed by atoms with E-state index in [0.717, 1.165) is 16.9 Å². The Bertz CT molecular complexity index is 1030. The second kappa shape index (κ2) is 8.45. The van der Waals surface area contributed by atoms with Crippen LogP contribution in [0.3, 0.4) is 0 Å². The summed E-state index contributed by atoms with van der Waals surface area (Å²) in [5.74, 6) is 2.55. The number of ether oxygens (including phenoxy) is 3. The summed E-state index contributed by atoms with van der Waals surface area (Å²) in [6.45, 7) is 2.25. The predicted molar refractivity (Wildman–Crippen MR) is 112 cm³/mol. The molecule has 1 N–H and O–H groups in total. The number of hydrogen-bond donors (Lipinski definition) is 1. The Morgan fingerprint density at radius 1 is 1.03 bits per heavy atom. The van der Waals surface area contributed by atoms with Crippen LogP contribution in [0.4, 0.5) is 5.69 Å². The van der Waals surface area contributed by atoms with Crippen LogP contribution >= 0.6 is 11.6 Å². The van der Waals surface area contributed by atoms with Gasteiger partial charge in [-0.25, -0.2) is 0 Å². The van der Waals surface area contributed by atoms with E-state index in [0.29, 0.717) is 40.8 Å². The topological polar surface area (TPSA) is 56.8 Å². The molecule has 0 atom stereocenters. The second-order valence-electron chi connectivity index (χ2n) is 6.79. The van der Waals surface area contributed by atoms with Crippen molar-refractivity contribution in [2.75, 3.05) is 12.1 Å². The summed E-state index contributed by atoms with van der Waals surface area (Å²) in [6, 6.07) is 18.6. The minimum Gasteiger partial charge on any atom is -0.455 e. The van der Waals surface area contributed by atoms with Gasteiger partial charge in [-0.2, -0.15) is 0 Å². The van der Waals surface area contributed by atoms with Crippen LogP contribution in [0.5, 0.6) is 23.0 Å². The van der Waals surface area contributed by atoms with Gasteiger partial charge in [-0.05, 0) is 61.4 Å². The van der Waals surface area contributed by atoms with E-state index in [-0.39, 0.29) is 12.7 Å². The van der Waals surface area contributed by atoms with Gasteiger partial charge in [-0.3, -0.25) is 4.79 Å². The lowest BCUT2D eigenvalue weighted by molar-refractivity contribution is -0.116. The summed E-state index contributed by atoms with van der Waals surface area (Å²) in [6.07, 6.45) is 0.896. The van der Waals surface area contributed by atoms with Crippen LogP contribution in [-0.4, -0.2) is 12.7 Å². The molecule has 29 heavy (non-hydrogen) atoms. The summed E-state index contributed by atoms with van der Waals surface area (Å²) >= 11 is 6.12. The van der Waals surface area contributed by atoms with Gasteiger partial charge in [0.15, 0.2) is 17.2 Å². The molecule has 0 radical (unpaired) electrons. The molecule has 0 aliphatic carbocycles. The number of carbonyl (C=O) groups is 1. The zero-order valence-electron chi connectivity index (χ0n) is 15.9. The number of fused-ring (bicyclic) bond motifs is 1. The highest BCUT2D eigenvalue weighted by Gasteiger charge is 2.14. The van der Waals surface area contributed by atoms with Gasteiger partial charge in [-0.15, -0.1) is 0 Å². The summed E-state index contributed by atoms with van der Waals surface area (Å²) in [5, 5.41) is 3.42. The second-order valence-corrected chi connectivity index (χ2v) is 7.23. The fraction of sp³-hybridized carbons (Fsp3) is 0.174. The molecule has 1 amide bonds. The number of hydrogen-bond acceptors (Lipinski definition) is 4. The molecule has 0 saturated heterocycles. The first-order chi connectivity index (χ1) is 14.1. The number of halogens is 1. The van der Waals surface area contributed by atoms with E-state index in [9.17, 15) is 4.79 Å². The molecular weight excluding hydrogens is 390 g/mol. The van der Waals surface area contributed by atoms with Gasteiger partial charge in [0.2, 0.25) is 12.7 Å². The molecule has 4 rings (SSSR count). The van der Waals surface area contributed by atoms with Crippen molar-refractivity contribution in [2.24, 2.45) is 0 Å². The molecule has 148 valence electrons. The van der Waals surface area contributed by atoms with E-state index in [2.05, 4.69) is 5.32 Å². The van der Waals surface area contributed by atoms with E-state index in [1.54, 1.807) is 18.2 Å². The minimum atomic E-state index is -0.126. The fourth-order valence-electron chi connectivity index (χ4n) is 2.99. The Morgan fingerprint density at radius 3 is 2.66 bits per heavy atom. The number of benzene rings is 3. The molecule has 1 heterocycles. The third kappa shape index (κ3) is 4.81. The number of anilines is 1. The summed E-state index contributed by atoms with van der Waals surface area (Å²) in [4.78, 5) is 12.5. The maximum absolute atomic E-state index is 12.5. The van der Waals surface area contributed by atoms with Gasteiger partial charge in [0.05, 0.1) is 5.69 Å². The number of amides is 1. The molecule has 1 aliphatic rings. The van der Waals surface area contributed by atoms with Gasteiger partial charge >= 0.3 is 0 Å². The van der Waals surface area contributed by atoms with Crippen molar-refractivity contribution < 1.29 is 19.0 Å². The van der Waals surface area contributed by atoms with Crippen molar-refractivity contribution in [1.82, 2.24) is 0 Å². The molecule has 0 unspecified atom stereocenters. The van der Waals surface area contributed by atoms with Crippen molar-refractivity contribution in [1.29, 1.82) is 0 Å². The highest BCUT2D eigenvalue weighted by atomic mass is 35.5. The summed E-state index contributed by atoms with van der Waals surface area (Å²) in [5.41, 5.74) is 2.69. The normalized spacial score (nSPS) is 11.9. The van der Waals surface area contributed by atoms with Crippen molar-refractivity contribution in [2.45, 2.75) is 19.8 Å². The van der Waals surface area contributed by atoms with Crippen LogP contribution in [0.15, 0.2) is 60.7 Å². The summed E-state index contributed by atoms with van der Waals surface area (Å²) in [7, 11) is 0. The van der Waals surface area contributed by atoms with Crippen LogP contribution in [0.25, 0.3) is 0 Å². The molecule has 0 fully saturated rings. The lowest BCUT2D eigenvalue weighted by atomic mass is 10.1. The summed E-state index contributed by atoms with van der Waals surface area (Å²) < 4.78 is 16.6.